The molecule has 0 bridgehead atoms. The Labute approximate surface area is 167 Å². The van der Waals surface area contributed by atoms with E-state index in [1.54, 1.807) is 11.9 Å². The number of aryl methyl sites for hydroxylation is 1. The molecule has 1 saturated carbocycles. The van der Waals surface area contributed by atoms with Crippen LogP contribution in [0.15, 0.2) is 4.52 Å². The van der Waals surface area contributed by atoms with Gasteiger partial charge in [0.15, 0.2) is 5.82 Å². The summed E-state index contributed by atoms with van der Waals surface area (Å²) in [5.74, 6) is 0.858. The van der Waals surface area contributed by atoms with Crippen LogP contribution in [0.2, 0.25) is 0 Å². The summed E-state index contributed by atoms with van der Waals surface area (Å²) in [4.78, 5) is 30.1. The molecule has 0 saturated heterocycles. The van der Waals surface area contributed by atoms with E-state index in [-0.39, 0.29) is 36.7 Å². The maximum Gasteiger partial charge on any atom is 0.227 e. The number of halogens is 1. The van der Waals surface area contributed by atoms with E-state index >= 15 is 0 Å². The number of likely N-dealkylation sites (N-methyl/N-ethyl adjacent to an activating group) is 1. The van der Waals surface area contributed by atoms with Crippen LogP contribution in [0.1, 0.15) is 70.5 Å². The first kappa shape index (κ1) is 23.4. The Morgan fingerprint density at radius 3 is 2.48 bits per heavy atom. The Bertz CT molecular complexity index is 614. The number of rotatable bonds is 7. The molecular formula is C18H32ClN5O3. The van der Waals surface area contributed by atoms with Gasteiger partial charge < -0.3 is 20.5 Å². The van der Waals surface area contributed by atoms with Gasteiger partial charge in [0.25, 0.3) is 0 Å². The van der Waals surface area contributed by atoms with E-state index < -0.39 is 5.54 Å². The second kappa shape index (κ2) is 10.6. The first-order chi connectivity index (χ1) is 12.4. The predicted octanol–water partition coefficient (Wildman–Crippen LogP) is 1.92. The van der Waals surface area contributed by atoms with E-state index in [1.165, 1.54) is 6.92 Å². The molecule has 8 nitrogen and oxygen atoms in total. The number of nitrogens with one attached hydrogen (secondary N) is 1. The summed E-state index contributed by atoms with van der Waals surface area (Å²) in [6, 6.07) is -0.00484. The number of nitrogens with zero attached hydrogens (tertiary/aromatic N) is 3. The summed E-state index contributed by atoms with van der Waals surface area (Å²) in [5.41, 5.74) is 5.05. The molecule has 0 aromatic carbocycles. The van der Waals surface area contributed by atoms with Gasteiger partial charge in [0.2, 0.25) is 17.7 Å². The zero-order valence-corrected chi connectivity index (χ0v) is 17.3. The van der Waals surface area contributed by atoms with E-state index in [0.29, 0.717) is 24.7 Å². The number of hydrogen-bond acceptors (Lipinski definition) is 6. The summed E-state index contributed by atoms with van der Waals surface area (Å²) in [5, 5.41) is 7.19. The molecule has 1 fully saturated rings. The van der Waals surface area contributed by atoms with Crippen LogP contribution in [0, 0.1) is 0 Å². The monoisotopic (exact) mass is 401 g/mol. The van der Waals surface area contributed by atoms with Crippen molar-refractivity contribution in [3.63, 3.8) is 0 Å². The Balaban J connectivity index is 0.00000364. The molecule has 0 spiro atoms. The van der Waals surface area contributed by atoms with Gasteiger partial charge in [0.1, 0.15) is 5.54 Å². The zero-order valence-electron chi connectivity index (χ0n) is 16.5. The lowest BCUT2D eigenvalue weighted by Gasteiger charge is -2.30. The molecule has 1 aliphatic rings. The van der Waals surface area contributed by atoms with Gasteiger partial charge in [-0.3, -0.25) is 9.59 Å². The third kappa shape index (κ3) is 6.17. The van der Waals surface area contributed by atoms with Crippen molar-refractivity contribution in [1.29, 1.82) is 0 Å². The van der Waals surface area contributed by atoms with Gasteiger partial charge in [-0.2, -0.15) is 4.98 Å². The van der Waals surface area contributed by atoms with E-state index in [4.69, 9.17) is 10.3 Å². The van der Waals surface area contributed by atoms with Crippen molar-refractivity contribution >= 4 is 24.2 Å². The number of nitrogens with two attached hydrogens (primary N) is 1. The molecule has 1 heterocycles. The fourth-order valence-electron chi connectivity index (χ4n) is 3.42. The van der Waals surface area contributed by atoms with Gasteiger partial charge in [-0.05, 0) is 19.8 Å². The van der Waals surface area contributed by atoms with Gasteiger partial charge >= 0.3 is 0 Å². The smallest absolute Gasteiger partial charge is 0.227 e. The van der Waals surface area contributed by atoms with Gasteiger partial charge in [-0.15, -0.1) is 12.4 Å². The van der Waals surface area contributed by atoms with Crippen LogP contribution < -0.4 is 11.1 Å². The van der Waals surface area contributed by atoms with Crippen LogP contribution in [0.4, 0.5) is 0 Å². The quantitative estimate of drug-likeness (QED) is 0.674. The highest BCUT2D eigenvalue weighted by atomic mass is 35.5. The molecule has 1 aliphatic carbocycles. The Kier molecular flexibility index (Phi) is 9.18. The van der Waals surface area contributed by atoms with Gasteiger partial charge in [0.05, 0.1) is 0 Å². The molecule has 1 aromatic heterocycles. The fourth-order valence-corrected chi connectivity index (χ4v) is 3.42. The molecule has 2 rings (SSSR count). The van der Waals surface area contributed by atoms with Crippen molar-refractivity contribution < 1.29 is 14.1 Å². The standard InChI is InChI=1S/C18H31N5O3.ClH/c1-13(12-19)23(3)16(25)9-8-15-20-17(22-26-15)18(21-14(2)24)10-6-4-5-7-11-18;/h13H,4-12,19H2,1-3H3,(H,21,24);1H. The second-order valence-corrected chi connectivity index (χ2v) is 7.28. The molecule has 2 amide bonds. The predicted molar refractivity (Wildman–Crippen MR) is 104 cm³/mol. The molecule has 154 valence electrons. The highest BCUT2D eigenvalue weighted by molar-refractivity contribution is 5.85. The Morgan fingerprint density at radius 2 is 1.93 bits per heavy atom. The summed E-state index contributed by atoms with van der Waals surface area (Å²) < 4.78 is 5.37. The summed E-state index contributed by atoms with van der Waals surface area (Å²) >= 11 is 0. The van der Waals surface area contributed by atoms with E-state index in [1.807, 2.05) is 6.92 Å². The van der Waals surface area contributed by atoms with Crippen LogP contribution in [0.3, 0.4) is 0 Å². The first-order valence-corrected chi connectivity index (χ1v) is 9.45. The number of carbonyl (C=O) groups excluding carboxylic acids is 2. The number of carbonyl (C=O) groups is 2. The highest BCUT2D eigenvalue weighted by Crippen LogP contribution is 2.34. The van der Waals surface area contributed by atoms with Crippen molar-refractivity contribution in [1.82, 2.24) is 20.4 Å². The average molecular weight is 402 g/mol. The molecule has 3 N–H and O–H groups in total. The summed E-state index contributed by atoms with van der Waals surface area (Å²) in [6.45, 7) is 3.85. The summed E-state index contributed by atoms with van der Waals surface area (Å²) in [7, 11) is 1.75. The lowest BCUT2D eigenvalue weighted by atomic mass is 9.89. The van der Waals surface area contributed by atoms with E-state index in [2.05, 4.69) is 15.5 Å². The maximum atomic E-state index is 12.2. The third-order valence-corrected chi connectivity index (χ3v) is 5.22. The zero-order chi connectivity index (χ0) is 19.2. The molecule has 1 atom stereocenters. The minimum Gasteiger partial charge on any atom is -0.343 e. The van der Waals surface area contributed by atoms with Crippen LogP contribution in [0.25, 0.3) is 0 Å². The van der Waals surface area contributed by atoms with Crippen LogP contribution >= 0.6 is 12.4 Å². The lowest BCUT2D eigenvalue weighted by Crippen LogP contribution is -2.45. The van der Waals surface area contributed by atoms with Gasteiger partial charge in [-0.25, -0.2) is 0 Å². The van der Waals surface area contributed by atoms with Crippen molar-refractivity contribution in [3.8, 4) is 0 Å². The number of aromatic nitrogens is 2. The first-order valence-electron chi connectivity index (χ1n) is 9.45. The fraction of sp³-hybridized carbons (Fsp3) is 0.778. The third-order valence-electron chi connectivity index (χ3n) is 5.22. The molecule has 1 unspecified atom stereocenters. The molecule has 0 radical (unpaired) electrons. The van der Waals surface area contributed by atoms with Crippen molar-refractivity contribution in [3.05, 3.63) is 11.7 Å². The molecule has 1 aromatic rings. The minimum absolute atomic E-state index is 0. The normalized spacial score (nSPS) is 17.3. The minimum atomic E-state index is -0.557. The SMILES string of the molecule is CC(=O)NC1(c2noc(CCC(=O)N(C)C(C)CN)n2)CCCCCC1.Cl. The molecule has 0 aliphatic heterocycles. The second-order valence-electron chi connectivity index (χ2n) is 7.28. The van der Waals surface area contributed by atoms with Gasteiger partial charge in [0, 0.05) is 39.4 Å². The number of hydrogen-bond donors (Lipinski definition) is 2. The largest absolute Gasteiger partial charge is 0.343 e. The van der Waals surface area contributed by atoms with Crippen LogP contribution in [-0.4, -0.2) is 46.5 Å². The van der Waals surface area contributed by atoms with Crippen LogP contribution in [-0.2, 0) is 21.5 Å². The average Bonchev–Trinajstić information content (AvgIpc) is 2.98. The van der Waals surface area contributed by atoms with Crippen molar-refractivity contribution in [2.24, 2.45) is 5.73 Å². The molecular weight excluding hydrogens is 370 g/mol. The van der Waals surface area contributed by atoms with Crippen LogP contribution in [0.5, 0.6) is 0 Å². The van der Waals surface area contributed by atoms with Crippen molar-refractivity contribution in [2.75, 3.05) is 13.6 Å². The summed E-state index contributed by atoms with van der Waals surface area (Å²) in [6.07, 6.45) is 6.61. The van der Waals surface area contributed by atoms with Crippen molar-refractivity contribution in [2.45, 2.75) is 76.8 Å². The highest BCUT2D eigenvalue weighted by Gasteiger charge is 2.38. The maximum absolute atomic E-state index is 12.2. The Morgan fingerprint density at radius 1 is 1.30 bits per heavy atom. The lowest BCUT2D eigenvalue weighted by molar-refractivity contribution is -0.131. The topological polar surface area (TPSA) is 114 Å². The molecule has 9 heteroatoms. The number of amides is 2. The van der Waals surface area contributed by atoms with Gasteiger partial charge in [-0.1, -0.05) is 30.8 Å². The van der Waals surface area contributed by atoms with E-state index in [0.717, 1.165) is 38.5 Å². The Hall–Kier alpha value is -1.67. The van der Waals surface area contributed by atoms with E-state index in [9.17, 15) is 9.59 Å². The molecule has 27 heavy (non-hydrogen) atoms.